The fourth-order valence-corrected chi connectivity index (χ4v) is 1.96. The molecule has 0 saturated heterocycles. The molecule has 1 aromatic carbocycles. The van der Waals surface area contributed by atoms with Crippen molar-refractivity contribution in [2.45, 2.75) is 60.2 Å². The van der Waals surface area contributed by atoms with Gasteiger partial charge in [0.25, 0.3) is 0 Å². The molecule has 1 atom stereocenters. The van der Waals surface area contributed by atoms with Crippen molar-refractivity contribution in [2.75, 3.05) is 0 Å². The molecule has 19 heavy (non-hydrogen) atoms. The van der Waals surface area contributed by atoms with Crippen LogP contribution in [0.3, 0.4) is 0 Å². The van der Waals surface area contributed by atoms with Gasteiger partial charge in [0.1, 0.15) is 11.4 Å². The van der Waals surface area contributed by atoms with Crippen LogP contribution in [0.15, 0.2) is 12.1 Å². The molecule has 1 aromatic rings. The second-order valence-electron chi connectivity index (χ2n) is 6.02. The van der Waals surface area contributed by atoms with Crippen LogP contribution < -0.4 is 4.74 Å². The number of carbonyl (C=O) groups is 1. The van der Waals surface area contributed by atoms with Gasteiger partial charge >= 0.3 is 5.97 Å². The van der Waals surface area contributed by atoms with Crippen molar-refractivity contribution in [2.24, 2.45) is 0 Å². The van der Waals surface area contributed by atoms with Crippen molar-refractivity contribution in [3.63, 3.8) is 0 Å². The average molecular weight is 264 g/mol. The van der Waals surface area contributed by atoms with E-state index in [4.69, 9.17) is 9.47 Å². The normalized spacial score (nSPS) is 13.0. The van der Waals surface area contributed by atoms with Crippen LogP contribution in [0.25, 0.3) is 0 Å². The van der Waals surface area contributed by atoms with Crippen LogP contribution in [-0.4, -0.2) is 17.7 Å². The van der Waals surface area contributed by atoms with E-state index in [1.165, 1.54) is 5.56 Å². The van der Waals surface area contributed by atoms with Crippen molar-refractivity contribution in [3.05, 3.63) is 28.8 Å². The summed E-state index contributed by atoms with van der Waals surface area (Å²) >= 11 is 0. The molecule has 0 spiro atoms. The highest BCUT2D eigenvalue weighted by molar-refractivity contribution is 5.75. The lowest BCUT2D eigenvalue weighted by Crippen LogP contribution is -2.33. The predicted molar refractivity (Wildman–Crippen MR) is 76.6 cm³/mol. The Morgan fingerprint density at radius 3 is 2.00 bits per heavy atom. The van der Waals surface area contributed by atoms with E-state index in [9.17, 15) is 4.79 Å². The molecule has 0 aromatic heterocycles. The number of ether oxygens (including phenoxy) is 2. The third-order valence-electron chi connectivity index (χ3n) is 2.64. The molecule has 3 heteroatoms. The molecule has 0 heterocycles. The summed E-state index contributed by atoms with van der Waals surface area (Å²) in [6.07, 6.45) is -0.612. The number of aryl methyl sites for hydroxylation is 3. The van der Waals surface area contributed by atoms with Gasteiger partial charge in [0.15, 0.2) is 6.10 Å². The number of carbonyl (C=O) groups excluding carboxylic acids is 1. The van der Waals surface area contributed by atoms with Crippen LogP contribution in [0.5, 0.6) is 5.75 Å². The largest absolute Gasteiger partial charge is 0.478 e. The highest BCUT2D eigenvalue weighted by Crippen LogP contribution is 2.26. The van der Waals surface area contributed by atoms with Crippen molar-refractivity contribution in [1.82, 2.24) is 0 Å². The minimum atomic E-state index is -0.612. The third-order valence-corrected chi connectivity index (χ3v) is 2.64. The van der Waals surface area contributed by atoms with Gasteiger partial charge in [-0.05, 0) is 59.6 Å². The number of benzene rings is 1. The Kier molecular flexibility index (Phi) is 4.61. The van der Waals surface area contributed by atoms with Crippen LogP contribution >= 0.6 is 0 Å². The van der Waals surface area contributed by atoms with Gasteiger partial charge in [-0.3, -0.25) is 0 Å². The summed E-state index contributed by atoms with van der Waals surface area (Å²) in [5.41, 5.74) is 2.76. The van der Waals surface area contributed by atoms with Gasteiger partial charge in [0, 0.05) is 0 Å². The van der Waals surface area contributed by atoms with Gasteiger partial charge in [0.05, 0.1) is 0 Å². The summed E-state index contributed by atoms with van der Waals surface area (Å²) in [7, 11) is 0. The third kappa shape index (κ3) is 4.58. The molecule has 0 aliphatic rings. The predicted octanol–water partition coefficient (Wildman–Crippen LogP) is 3.72. The van der Waals surface area contributed by atoms with Gasteiger partial charge in [-0.1, -0.05) is 17.7 Å². The molecule has 0 N–H and O–H groups in total. The molecule has 0 fully saturated rings. The van der Waals surface area contributed by atoms with Crippen molar-refractivity contribution >= 4 is 5.97 Å². The number of esters is 1. The first-order valence-corrected chi connectivity index (χ1v) is 6.57. The molecule has 1 rings (SSSR count). The molecule has 0 aliphatic carbocycles. The maximum atomic E-state index is 11.9. The lowest BCUT2D eigenvalue weighted by Gasteiger charge is -2.23. The fourth-order valence-electron chi connectivity index (χ4n) is 1.96. The SMILES string of the molecule is Cc1cc(C)c(OC(C)C(=O)OC(C)(C)C)c(C)c1. The summed E-state index contributed by atoms with van der Waals surface area (Å²) < 4.78 is 11.1. The van der Waals surface area contributed by atoms with E-state index < -0.39 is 11.7 Å². The number of hydrogen-bond acceptors (Lipinski definition) is 3. The maximum absolute atomic E-state index is 11.9. The lowest BCUT2D eigenvalue weighted by atomic mass is 10.1. The molecule has 0 bridgehead atoms. The minimum Gasteiger partial charge on any atom is -0.478 e. The molecule has 0 amide bonds. The van der Waals surface area contributed by atoms with Crippen molar-refractivity contribution < 1.29 is 14.3 Å². The average Bonchev–Trinajstić information content (AvgIpc) is 2.20. The van der Waals surface area contributed by atoms with E-state index in [0.717, 1.165) is 16.9 Å². The zero-order valence-electron chi connectivity index (χ0n) is 13.0. The van der Waals surface area contributed by atoms with E-state index >= 15 is 0 Å². The Balaban J connectivity index is 2.83. The Hall–Kier alpha value is -1.51. The Morgan fingerprint density at radius 2 is 1.58 bits per heavy atom. The van der Waals surface area contributed by atoms with Crippen LogP contribution in [-0.2, 0) is 9.53 Å². The Morgan fingerprint density at radius 1 is 1.11 bits per heavy atom. The first kappa shape index (κ1) is 15.5. The van der Waals surface area contributed by atoms with Gasteiger partial charge in [-0.25, -0.2) is 4.79 Å². The second-order valence-corrected chi connectivity index (χ2v) is 6.02. The summed E-state index contributed by atoms with van der Waals surface area (Å²) in [6.45, 7) is 13.3. The van der Waals surface area contributed by atoms with Gasteiger partial charge in [-0.15, -0.1) is 0 Å². The Bertz CT molecular complexity index is 446. The van der Waals surface area contributed by atoms with E-state index in [-0.39, 0.29) is 5.97 Å². The monoisotopic (exact) mass is 264 g/mol. The second kappa shape index (κ2) is 5.64. The summed E-state index contributed by atoms with van der Waals surface area (Å²) in [6, 6.07) is 4.09. The van der Waals surface area contributed by atoms with Crippen LogP contribution in [0.4, 0.5) is 0 Å². The molecule has 1 unspecified atom stereocenters. The van der Waals surface area contributed by atoms with Crippen LogP contribution in [0.1, 0.15) is 44.4 Å². The van der Waals surface area contributed by atoms with E-state index in [1.807, 2.05) is 53.7 Å². The molecule has 0 aliphatic heterocycles. The van der Waals surface area contributed by atoms with Crippen molar-refractivity contribution in [3.8, 4) is 5.75 Å². The summed E-state index contributed by atoms with van der Waals surface area (Å²) in [4.78, 5) is 11.9. The highest BCUT2D eigenvalue weighted by atomic mass is 16.6. The van der Waals surface area contributed by atoms with Crippen molar-refractivity contribution in [1.29, 1.82) is 0 Å². The number of rotatable bonds is 3. The van der Waals surface area contributed by atoms with Gasteiger partial charge in [0.2, 0.25) is 0 Å². The van der Waals surface area contributed by atoms with Gasteiger partial charge in [-0.2, -0.15) is 0 Å². The standard InChI is InChI=1S/C16H24O3/c1-10-8-11(2)14(12(3)9-10)18-13(4)15(17)19-16(5,6)7/h8-9,13H,1-7H3. The first-order valence-electron chi connectivity index (χ1n) is 6.57. The molecular weight excluding hydrogens is 240 g/mol. The topological polar surface area (TPSA) is 35.5 Å². The molecule has 106 valence electrons. The van der Waals surface area contributed by atoms with E-state index in [1.54, 1.807) is 6.92 Å². The minimum absolute atomic E-state index is 0.341. The molecule has 3 nitrogen and oxygen atoms in total. The Labute approximate surface area is 115 Å². The molecule has 0 saturated carbocycles. The molecular formula is C16H24O3. The summed E-state index contributed by atoms with van der Waals surface area (Å²) in [5, 5.41) is 0. The van der Waals surface area contributed by atoms with Crippen LogP contribution in [0.2, 0.25) is 0 Å². The zero-order valence-corrected chi connectivity index (χ0v) is 13.0. The quantitative estimate of drug-likeness (QED) is 0.780. The van der Waals surface area contributed by atoms with Crippen LogP contribution in [0, 0.1) is 20.8 Å². The van der Waals surface area contributed by atoms with E-state index in [0.29, 0.717) is 0 Å². The van der Waals surface area contributed by atoms with E-state index in [2.05, 4.69) is 0 Å². The fraction of sp³-hybridized carbons (Fsp3) is 0.562. The smallest absolute Gasteiger partial charge is 0.347 e. The first-order chi connectivity index (χ1) is 8.60. The maximum Gasteiger partial charge on any atom is 0.347 e. The highest BCUT2D eigenvalue weighted by Gasteiger charge is 2.23. The van der Waals surface area contributed by atoms with Gasteiger partial charge < -0.3 is 9.47 Å². The summed E-state index contributed by atoms with van der Waals surface area (Å²) in [5.74, 6) is 0.427. The molecule has 0 radical (unpaired) electrons. The number of hydrogen-bond donors (Lipinski definition) is 0. The zero-order chi connectivity index (χ0) is 14.8. The lowest BCUT2D eigenvalue weighted by molar-refractivity contribution is -0.162.